The van der Waals surface area contributed by atoms with E-state index in [1.54, 1.807) is 25.1 Å². The second-order valence-corrected chi connectivity index (χ2v) is 4.70. The van der Waals surface area contributed by atoms with E-state index in [4.69, 9.17) is 14.2 Å². The minimum Gasteiger partial charge on any atom is -0.494 e. The van der Waals surface area contributed by atoms with Crippen LogP contribution in [0.2, 0.25) is 0 Å². The van der Waals surface area contributed by atoms with Crippen LogP contribution in [0.3, 0.4) is 0 Å². The third-order valence-electron chi connectivity index (χ3n) is 3.03. The lowest BCUT2D eigenvalue weighted by Gasteiger charge is -2.16. The van der Waals surface area contributed by atoms with E-state index < -0.39 is 18.2 Å². The highest BCUT2D eigenvalue weighted by atomic mass is 16.7. The fraction of sp³-hybridized carbons (Fsp3) is 0.312. The first-order valence-electron chi connectivity index (χ1n) is 6.75. The number of carbonyl (C=O) groups is 2. The molecular formula is C16H17NO5. The molecule has 2 aromatic rings. The van der Waals surface area contributed by atoms with Gasteiger partial charge < -0.3 is 14.2 Å². The van der Waals surface area contributed by atoms with E-state index in [1.807, 2.05) is 6.07 Å². The Hall–Kier alpha value is -2.63. The summed E-state index contributed by atoms with van der Waals surface area (Å²) in [6.07, 6.45) is -0.984. The molecule has 0 saturated heterocycles. The molecule has 116 valence electrons. The minimum absolute atomic E-state index is 0.268. The number of para-hydroxylation sites is 1. The monoisotopic (exact) mass is 303 g/mol. The van der Waals surface area contributed by atoms with Crippen molar-refractivity contribution in [1.82, 2.24) is 4.98 Å². The number of pyridine rings is 1. The van der Waals surface area contributed by atoms with Gasteiger partial charge in [-0.25, -0.2) is 9.78 Å². The molecule has 1 unspecified atom stereocenters. The Morgan fingerprint density at radius 1 is 1.18 bits per heavy atom. The van der Waals surface area contributed by atoms with Crippen molar-refractivity contribution in [2.45, 2.75) is 27.1 Å². The maximum absolute atomic E-state index is 12.5. The van der Waals surface area contributed by atoms with E-state index in [2.05, 4.69) is 4.98 Å². The van der Waals surface area contributed by atoms with Crippen molar-refractivity contribution >= 4 is 22.8 Å². The number of ether oxygens (including phenoxy) is 3. The lowest BCUT2D eigenvalue weighted by molar-refractivity contribution is -0.162. The average molecular weight is 303 g/mol. The quantitative estimate of drug-likeness (QED) is 0.638. The van der Waals surface area contributed by atoms with Crippen LogP contribution in [0, 0.1) is 6.92 Å². The zero-order valence-electron chi connectivity index (χ0n) is 12.9. The van der Waals surface area contributed by atoms with E-state index in [-0.39, 0.29) is 5.56 Å². The van der Waals surface area contributed by atoms with Crippen molar-refractivity contribution in [3.8, 4) is 5.75 Å². The second-order valence-electron chi connectivity index (χ2n) is 4.70. The van der Waals surface area contributed by atoms with E-state index in [1.165, 1.54) is 21.0 Å². The molecule has 0 amide bonds. The predicted octanol–water partition coefficient (Wildman–Crippen LogP) is 2.62. The molecule has 0 saturated carbocycles. The maximum Gasteiger partial charge on any atom is 0.345 e. The van der Waals surface area contributed by atoms with Gasteiger partial charge in [-0.2, -0.15) is 0 Å². The predicted molar refractivity (Wildman–Crippen MR) is 79.7 cm³/mol. The summed E-state index contributed by atoms with van der Waals surface area (Å²) >= 11 is 0. The first-order valence-corrected chi connectivity index (χ1v) is 6.75. The van der Waals surface area contributed by atoms with Crippen LogP contribution in [0.15, 0.2) is 24.3 Å². The molecule has 0 bridgehead atoms. The van der Waals surface area contributed by atoms with Crippen LogP contribution in [0.25, 0.3) is 10.9 Å². The van der Waals surface area contributed by atoms with Gasteiger partial charge in [0.1, 0.15) is 5.56 Å². The summed E-state index contributed by atoms with van der Waals surface area (Å²) in [5, 5.41) is 0.616. The van der Waals surface area contributed by atoms with Crippen molar-refractivity contribution < 1.29 is 23.8 Å². The normalized spacial score (nSPS) is 11.8. The first kappa shape index (κ1) is 15.8. The van der Waals surface area contributed by atoms with E-state index in [0.29, 0.717) is 22.3 Å². The number of benzene rings is 1. The van der Waals surface area contributed by atoms with Crippen LogP contribution in [0.5, 0.6) is 5.75 Å². The van der Waals surface area contributed by atoms with Crippen molar-refractivity contribution in [2.75, 3.05) is 7.11 Å². The summed E-state index contributed by atoms with van der Waals surface area (Å²) < 4.78 is 15.3. The van der Waals surface area contributed by atoms with Crippen LogP contribution in [-0.4, -0.2) is 30.3 Å². The molecule has 0 radical (unpaired) electrons. The Balaban J connectivity index is 2.48. The van der Waals surface area contributed by atoms with E-state index >= 15 is 0 Å². The van der Waals surface area contributed by atoms with Gasteiger partial charge in [-0.05, 0) is 13.0 Å². The van der Waals surface area contributed by atoms with Gasteiger partial charge in [0, 0.05) is 19.2 Å². The van der Waals surface area contributed by atoms with Gasteiger partial charge in [-0.1, -0.05) is 18.2 Å². The molecule has 0 fully saturated rings. The summed E-state index contributed by atoms with van der Waals surface area (Å²) in [4.78, 5) is 27.8. The van der Waals surface area contributed by atoms with E-state index in [0.717, 1.165) is 0 Å². The Kier molecular flexibility index (Phi) is 4.60. The van der Waals surface area contributed by atoms with Crippen molar-refractivity contribution in [3.63, 3.8) is 0 Å². The Morgan fingerprint density at radius 3 is 2.50 bits per heavy atom. The third-order valence-corrected chi connectivity index (χ3v) is 3.03. The third kappa shape index (κ3) is 3.16. The molecule has 1 aromatic heterocycles. The van der Waals surface area contributed by atoms with Crippen LogP contribution < -0.4 is 4.74 Å². The number of esters is 2. The molecule has 0 spiro atoms. The topological polar surface area (TPSA) is 74.7 Å². The zero-order valence-corrected chi connectivity index (χ0v) is 12.9. The molecular weight excluding hydrogens is 286 g/mol. The van der Waals surface area contributed by atoms with Gasteiger partial charge in [-0.15, -0.1) is 0 Å². The number of hydrogen-bond acceptors (Lipinski definition) is 6. The van der Waals surface area contributed by atoms with Gasteiger partial charge in [0.15, 0.2) is 5.75 Å². The van der Waals surface area contributed by atoms with Crippen molar-refractivity contribution in [1.29, 1.82) is 0 Å². The molecule has 6 heteroatoms. The molecule has 6 nitrogen and oxygen atoms in total. The van der Waals surface area contributed by atoms with Crippen LogP contribution in [0.4, 0.5) is 0 Å². The lowest BCUT2D eigenvalue weighted by Crippen LogP contribution is -2.21. The van der Waals surface area contributed by atoms with Crippen LogP contribution in [-0.2, 0) is 14.3 Å². The zero-order chi connectivity index (χ0) is 16.3. The number of fused-ring (bicyclic) bond motifs is 1. The van der Waals surface area contributed by atoms with Gasteiger partial charge in [0.2, 0.25) is 6.29 Å². The van der Waals surface area contributed by atoms with Crippen molar-refractivity contribution in [2.24, 2.45) is 0 Å². The van der Waals surface area contributed by atoms with Crippen LogP contribution >= 0.6 is 0 Å². The average Bonchev–Trinajstić information content (AvgIpc) is 2.44. The fourth-order valence-electron chi connectivity index (χ4n) is 2.24. The molecule has 22 heavy (non-hydrogen) atoms. The summed E-state index contributed by atoms with van der Waals surface area (Å²) in [5.74, 6) is -0.811. The first-order chi connectivity index (χ1) is 10.4. The highest BCUT2D eigenvalue weighted by Gasteiger charge is 2.23. The van der Waals surface area contributed by atoms with Gasteiger partial charge in [0.25, 0.3) is 0 Å². The number of hydrogen-bond donors (Lipinski definition) is 0. The minimum atomic E-state index is -0.984. The smallest absolute Gasteiger partial charge is 0.345 e. The maximum atomic E-state index is 12.5. The molecule has 0 N–H and O–H groups in total. The molecule has 0 aliphatic carbocycles. The fourth-order valence-corrected chi connectivity index (χ4v) is 2.24. The lowest BCUT2D eigenvalue weighted by atomic mass is 10.1. The SMILES string of the molecule is COc1c(C)nc2ccccc2c1C(=O)OC(C)OC(C)=O. The number of methoxy groups -OCH3 is 1. The van der Waals surface area contributed by atoms with Crippen LogP contribution in [0.1, 0.15) is 29.9 Å². The summed E-state index contributed by atoms with van der Waals surface area (Å²) in [7, 11) is 1.46. The second kappa shape index (κ2) is 6.43. The van der Waals surface area contributed by atoms with E-state index in [9.17, 15) is 9.59 Å². The Labute approximate surface area is 128 Å². The largest absolute Gasteiger partial charge is 0.494 e. The Bertz CT molecular complexity index is 726. The number of rotatable bonds is 4. The number of carbonyl (C=O) groups excluding carboxylic acids is 2. The molecule has 2 rings (SSSR count). The summed E-state index contributed by atoms with van der Waals surface area (Å²) in [5.41, 5.74) is 1.51. The molecule has 0 aliphatic rings. The van der Waals surface area contributed by atoms with Crippen molar-refractivity contribution in [3.05, 3.63) is 35.5 Å². The highest BCUT2D eigenvalue weighted by molar-refractivity contribution is 6.06. The standard InChI is InChI=1S/C16H17NO5/c1-9-15(20-4)14(12-7-5-6-8-13(12)17-9)16(19)22-11(3)21-10(2)18/h5-8,11H,1-4H3. The summed E-state index contributed by atoms with van der Waals surface area (Å²) in [6.45, 7) is 4.47. The molecule has 1 aromatic carbocycles. The van der Waals surface area contributed by atoms with Gasteiger partial charge in [0.05, 0.1) is 18.3 Å². The molecule has 0 aliphatic heterocycles. The number of nitrogens with zero attached hydrogens (tertiary/aromatic N) is 1. The molecule has 1 atom stereocenters. The van der Waals surface area contributed by atoms with Gasteiger partial charge >= 0.3 is 11.9 Å². The number of aromatic nitrogens is 1. The van der Waals surface area contributed by atoms with Gasteiger partial charge in [-0.3, -0.25) is 4.79 Å². The molecule has 1 heterocycles. The number of aryl methyl sites for hydroxylation is 1. The summed E-state index contributed by atoms with van der Waals surface area (Å²) in [6, 6.07) is 7.19. The highest BCUT2D eigenvalue weighted by Crippen LogP contribution is 2.30. The Morgan fingerprint density at radius 2 is 1.86 bits per heavy atom.